The van der Waals surface area contributed by atoms with Crippen LogP contribution in [0.25, 0.3) is 5.69 Å². The first-order valence-corrected chi connectivity index (χ1v) is 12.9. The summed E-state index contributed by atoms with van der Waals surface area (Å²) in [5.41, 5.74) is -0.627. The second kappa shape index (κ2) is 10.4. The van der Waals surface area contributed by atoms with Gasteiger partial charge in [-0.15, -0.1) is 8.78 Å². The number of benzene rings is 3. The van der Waals surface area contributed by atoms with E-state index in [1.807, 2.05) is 0 Å². The van der Waals surface area contributed by atoms with E-state index in [1.165, 1.54) is 54.6 Å². The molecule has 1 aliphatic carbocycles. The second-order valence-corrected chi connectivity index (χ2v) is 9.80. The van der Waals surface area contributed by atoms with Crippen LogP contribution in [-0.4, -0.2) is 27.2 Å². The number of carboxylic acids is 1. The van der Waals surface area contributed by atoms with Crippen molar-refractivity contribution in [1.82, 2.24) is 9.78 Å². The Hall–Kier alpha value is -4.88. The highest BCUT2D eigenvalue weighted by atomic mass is 19.4. The van der Waals surface area contributed by atoms with Crippen LogP contribution in [-0.2, 0) is 19.2 Å². The Kier molecular flexibility index (Phi) is 6.86. The van der Waals surface area contributed by atoms with E-state index in [0.29, 0.717) is 18.4 Å². The van der Waals surface area contributed by atoms with Gasteiger partial charge in [0.25, 0.3) is 0 Å². The summed E-state index contributed by atoms with van der Waals surface area (Å²) in [4.78, 5) is 11.2. The topological polar surface area (TPSA) is 92.0 Å². The highest BCUT2D eigenvalue weighted by molar-refractivity contribution is 5.87. The zero-order valence-corrected chi connectivity index (χ0v) is 21.8. The summed E-state index contributed by atoms with van der Waals surface area (Å²) < 4.78 is 105. The normalized spacial score (nSPS) is 16.9. The predicted octanol–water partition coefficient (Wildman–Crippen LogP) is 7.09. The van der Waals surface area contributed by atoms with E-state index in [2.05, 4.69) is 14.6 Å². The molecule has 14 heteroatoms. The molecule has 2 heterocycles. The smallest absolute Gasteiger partial charge is 0.486 e. The summed E-state index contributed by atoms with van der Waals surface area (Å²) in [5, 5.41) is 13.0. The molecular weight excluding hydrogens is 586 g/mol. The molecule has 1 aromatic heterocycles. The molecule has 0 amide bonds. The van der Waals surface area contributed by atoms with E-state index >= 15 is 0 Å². The third kappa shape index (κ3) is 5.64. The van der Waals surface area contributed by atoms with Gasteiger partial charge in [0.05, 0.1) is 16.9 Å². The first kappa shape index (κ1) is 28.2. The minimum Gasteiger partial charge on any atom is -0.486 e. The van der Waals surface area contributed by atoms with Gasteiger partial charge in [-0.3, -0.25) is 0 Å². The summed E-state index contributed by atoms with van der Waals surface area (Å²) in [5.74, 6) is -2.45. The number of rotatable bonds is 7. The zero-order valence-electron chi connectivity index (χ0n) is 21.8. The van der Waals surface area contributed by atoms with Crippen molar-refractivity contribution < 1.29 is 55.2 Å². The molecule has 3 aromatic carbocycles. The van der Waals surface area contributed by atoms with E-state index in [4.69, 9.17) is 14.6 Å². The van der Waals surface area contributed by atoms with E-state index in [-0.39, 0.29) is 58.5 Å². The van der Waals surface area contributed by atoms with Gasteiger partial charge in [0.1, 0.15) is 18.5 Å². The molecule has 8 nitrogen and oxygen atoms in total. The highest BCUT2D eigenvalue weighted by Gasteiger charge is 2.44. The Bertz CT molecular complexity index is 1700. The molecule has 0 bridgehead atoms. The molecule has 0 fully saturated rings. The Balaban J connectivity index is 1.32. The van der Waals surface area contributed by atoms with E-state index in [0.717, 1.165) is 10.7 Å². The Labute approximate surface area is 239 Å². The third-order valence-electron chi connectivity index (χ3n) is 6.89. The summed E-state index contributed by atoms with van der Waals surface area (Å²) in [6.45, 7) is -0.286. The fourth-order valence-electron chi connectivity index (χ4n) is 5.00. The van der Waals surface area contributed by atoms with Crippen molar-refractivity contribution in [3.8, 4) is 28.7 Å². The molecule has 0 saturated carbocycles. The van der Waals surface area contributed by atoms with Gasteiger partial charge in [-0.05, 0) is 73.4 Å². The SMILES string of the molecule is O=C(O)c1ccc(OC2CCCc3c(C(F)(F)F)nn(-c4ccc(F)c(OCc5ccc6c(c5)OC(F)(F)O6)c4)c32)cc1. The lowest BCUT2D eigenvalue weighted by Crippen LogP contribution is -2.25. The minimum absolute atomic E-state index is 0.0126. The van der Waals surface area contributed by atoms with Crippen LogP contribution in [0.4, 0.5) is 26.3 Å². The number of nitrogens with zero attached hydrogens (tertiary/aromatic N) is 2. The van der Waals surface area contributed by atoms with E-state index < -0.39 is 36.1 Å². The van der Waals surface area contributed by atoms with Crippen LogP contribution in [0.15, 0.2) is 60.7 Å². The van der Waals surface area contributed by atoms with Gasteiger partial charge >= 0.3 is 18.4 Å². The summed E-state index contributed by atoms with van der Waals surface area (Å²) >= 11 is 0. The molecule has 1 unspecified atom stereocenters. The van der Waals surface area contributed by atoms with Gasteiger partial charge < -0.3 is 24.1 Å². The molecular formula is C29H20F6N2O6. The molecule has 2 aliphatic rings. The molecule has 6 rings (SSSR count). The minimum atomic E-state index is -4.78. The summed E-state index contributed by atoms with van der Waals surface area (Å²) in [6.07, 6.45) is -8.69. The lowest BCUT2D eigenvalue weighted by atomic mass is 9.93. The molecule has 0 spiro atoms. The number of hydrogen-bond acceptors (Lipinski definition) is 6. The van der Waals surface area contributed by atoms with Crippen molar-refractivity contribution in [2.45, 2.75) is 44.4 Å². The quantitative estimate of drug-likeness (QED) is 0.225. The van der Waals surface area contributed by atoms with Crippen LogP contribution in [0.1, 0.15) is 51.8 Å². The van der Waals surface area contributed by atoms with Crippen molar-refractivity contribution in [1.29, 1.82) is 0 Å². The molecule has 0 radical (unpaired) electrons. The standard InChI is InChI=1S/C29H20F6N2O6/c30-20-10-7-17(13-23(20)40-14-15-4-11-21-24(12-15)43-29(34,35)42-21)37-25-19(26(36-37)28(31,32)33)2-1-3-22(25)41-18-8-5-16(6-9-18)27(38)39/h4-13,22H,1-3,14H2,(H,38,39). The van der Waals surface area contributed by atoms with Crippen LogP contribution >= 0.6 is 0 Å². The van der Waals surface area contributed by atoms with Gasteiger partial charge in [-0.25, -0.2) is 13.9 Å². The first-order chi connectivity index (χ1) is 20.4. The number of aromatic nitrogens is 2. The molecule has 4 aromatic rings. The molecule has 1 aliphatic heterocycles. The molecule has 43 heavy (non-hydrogen) atoms. The maximum Gasteiger partial charge on any atom is 0.586 e. The molecule has 1 N–H and O–H groups in total. The number of aromatic carboxylic acids is 1. The number of carboxylic acid groups (broad SMARTS) is 1. The first-order valence-electron chi connectivity index (χ1n) is 12.9. The summed E-state index contributed by atoms with van der Waals surface area (Å²) in [6, 6.07) is 12.8. The molecule has 1 atom stereocenters. The van der Waals surface area contributed by atoms with Gasteiger partial charge in [-0.2, -0.15) is 18.3 Å². The Morgan fingerprint density at radius 2 is 1.79 bits per heavy atom. The lowest BCUT2D eigenvalue weighted by Gasteiger charge is -2.26. The number of fused-ring (bicyclic) bond motifs is 2. The lowest BCUT2D eigenvalue weighted by molar-refractivity contribution is -0.286. The number of hydrogen-bond donors (Lipinski definition) is 1. The van der Waals surface area contributed by atoms with Crippen molar-refractivity contribution in [3.63, 3.8) is 0 Å². The number of alkyl halides is 5. The fraction of sp³-hybridized carbons (Fsp3) is 0.241. The van der Waals surface area contributed by atoms with Crippen LogP contribution in [0.2, 0.25) is 0 Å². The average Bonchev–Trinajstić information content (AvgIpc) is 3.50. The van der Waals surface area contributed by atoms with Gasteiger partial charge in [-0.1, -0.05) is 6.07 Å². The van der Waals surface area contributed by atoms with Crippen molar-refractivity contribution in [2.75, 3.05) is 0 Å². The maximum absolute atomic E-state index is 14.8. The highest BCUT2D eigenvalue weighted by Crippen LogP contribution is 2.43. The van der Waals surface area contributed by atoms with Crippen molar-refractivity contribution in [3.05, 3.63) is 94.6 Å². The number of ether oxygens (including phenoxy) is 4. The second-order valence-electron chi connectivity index (χ2n) is 9.80. The van der Waals surface area contributed by atoms with Crippen molar-refractivity contribution >= 4 is 5.97 Å². The maximum atomic E-state index is 14.8. The average molecular weight is 606 g/mol. The van der Waals surface area contributed by atoms with E-state index in [1.54, 1.807) is 0 Å². The molecule has 0 saturated heterocycles. The molecule has 224 valence electrons. The summed E-state index contributed by atoms with van der Waals surface area (Å²) in [7, 11) is 0. The van der Waals surface area contributed by atoms with Crippen LogP contribution < -0.4 is 18.9 Å². The van der Waals surface area contributed by atoms with Crippen LogP contribution in [0.5, 0.6) is 23.0 Å². The Morgan fingerprint density at radius 3 is 2.51 bits per heavy atom. The fourth-order valence-corrected chi connectivity index (χ4v) is 5.00. The van der Waals surface area contributed by atoms with Gasteiger partial charge in [0, 0.05) is 11.6 Å². The van der Waals surface area contributed by atoms with E-state index in [9.17, 15) is 31.1 Å². The monoisotopic (exact) mass is 606 g/mol. The Morgan fingerprint density at radius 1 is 1.05 bits per heavy atom. The van der Waals surface area contributed by atoms with Gasteiger partial charge in [0.15, 0.2) is 28.8 Å². The van der Waals surface area contributed by atoms with Crippen molar-refractivity contribution in [2.24, 2.45) is 0 Å². The van der Waals surface area contributed by atoms with Crippen LogP contribution in [0.3, 0.4) is 0 Å². The number of carbonyl (C=O) groups is 1. The van der Waals surface area contributed by atoms with Crippen LogP contribution in [0, 0.1) is 5.82 Å². The predicted molar refractivity (Wildman–Crippen MR) is 135 cm³/mol. The van der Waals surface area contributed by atoms with Gasteiger partial charge in [0.2, 0.25) is 0 Å². The number of halogens is 6. The largest absolute Gasteiger partial charge is 0.586 e. The zero-order chi connectivity index (χ0) is 30.5. The third-order valence-corrected chi connectivity index (χ3v) is 6.89.